The Morgan fingerprint density at radius 3 is 2.08 bits per heavy atom. The number of rotatable bonds is 14. The van der Waals surface area contributed by atoms with Crippen LogP contribution in [0.2, 0.25) is 0 Å². The summed E-state index contributed by atoms with van der Waals surface area (Å²) in [4.78, 5) is 26.8. The van der Waals surface area contributed by atoms with Gasteiger partial charge in [0.25, 0.3) is 15.9 Å². The van der Waals surface area contributed by atoms with Gasteiger partial charge in [0, 0.05) is 6.54 Å². The van der Waals surface area contributed by atoms with Crippen LogP contribution in [0.1, 0.15) is 21.5 Å². The van der Waals surface area contributed by atoms with Crippen LogP contribution in [0.4, 0.5) is 11.4 Å². The number of anilines is 2. The summed E-state index contributed by atoms with van der Waals surface area (Å²) in [6.45, 7) is 1.63. The van der Waals surface area contributed by atoms with E-state index in [1.54, 1.807) is 80.9 Å². The van der Waals surface area contributed by atoms with Crippen molar-refractivity contribution in [1.82, 2.24) is 5.32 Å². The largest absolute Gasteiger partial charge is 0.493 e. The van der Waals surface area contributed by atoms with Crippen LogP contribution < -0.4 is 29.1 Å². The molecule has 0 aliphatic carbocycles. The van der Waals surface area contributed by atoms with Crippen molar-refractivity contribution in [3.05, 3.63) is 138 Å². The van der Waals surface area contributed by atoms with Crippen molar-refractivity contribution in [2.24, 2.45) is 0 Å². The number of nitrogens with one attached hydrogen (secondary N) is 2. The molecule has 0 unspecified atom stereocenters. The van der Waals surface area contributed by atoms with Gasteiger partial charge in [-0.1, -0.05) is 54.1 Å². The second kappa shape index (κ2) is 15.9. The summed E-state index contributed by atoms with van der Waals surface area (Å²) in [7, 11) is -1.05. The van der Waals surface area contributed by atoms with Gasteiger partial charge in [0.2, 0.25) is 5.91 Å². The summed E-state index contributed by atoms with van der Waals surface area (Å²) in [5, 5.41) is 5.63. The highest BCUT2D eigenvalue weighted by molar-refractivity contribution is 7.92. The fraction of sp³-hybridized carbons (Fsp3) is 0.158. The standard InChI is InChI=1S/C38H37N3O7S/c1-27-13-20-32(21-14-27)49(44,45)41(29-16-18-31(19-17-29)48-30-9-5-4-6-10-30)26-37(42)40-34-12-8-7-11-33(34)38(43)39-24-23-28-15-22-35(46-2)36(25-28)47-3/h4-22,25H,23-24,26H2,1-3H3,(H,39,43)(H,40,42). The molecule has 0 saturated heterocycles. The lowest BCUT2D eigenvalue weighted by atomic mass is 10.1. The minimum Gasteiger partial charge on any atom is -0.493 e. The lowest BCUT2D eigenvalue weighted by Crippen LogP contribution is -2.38. The molecule has 0 spiro atoms. The van der Waals surface area contributed by atoms with Crippen molar-refractivity contribution in [3.63, 3.8) is 0 Å². The van der Waals surface area contributed by atoms with E-state index in [0.717, 1.165) is 15.4 Å². The number of ether oxygens (including phenoxy) is 3. The average Bonchev–Trinajstić information content (AvgIpc) is 3.11. The predicted molar refractivity (Wildman–Crippen MR) is 189 cm³/mol. The van der Waals surface area contributed by atoms with Crippen LogP contribution in [0.15, 0.2) is 126 Å². The minimum atomic E-state index is -4.17. The van der Waals surface area contributed by atoms with Gasteiger partial charge >= 0.3 is 0 Å². The van der Waals surface area contributed by atoms with E-state index in [1.807, 2.05) is 49.4 Å². The zero-order chi connectivity index (χ0) is 34.8. The van der Waals surface area contributed by atoms with E-state index < -0.39 is 28.4 Å². The van der Waals surface area contributed by atoms with Gasteiger partial charge in [0.15, 0.2) is 11.5 Å². The van der Waals surface area contributed by atoms with Crippen LogP contribution in [0.3, 0.4) is 0 Å². The van der Waals surface area contributed by atoms with Gasteiger partial charge in [-0.3, -0.25) is 13.9 Å². The van der Waals surface area contributed by atoms with Crippen LogP contribution in [-0.4, -0.2) is 47.5 Å². The molecule has 5 aromatic carbocycles. The first-order chi connectivity index (χ1) is 23.7. The quantitative estimate of drug-likeness (QED) is 0.135. The van der Waals surface area contributed by atoms with Crippen molar-refractivity contribution in [1.29, 1.82) is 0 Å². The Morgan fingerprint density at radius 2 is 1.39 bits per heavy atom. The van der Waals surface area contributed by atoms with E-state index in [0.29, 0.717) is 36.0 Å². The van der Waals surface area contributed by atoms with Crippen molar-refractivity contribution in [2.75, 3.05) is 36.9 Å². The van der Waals surface area contributed by atoms with Crippen LogP contribution in [-0.2, 0) is 21.2 Å². The molecule has 0 saturated carbocycles. The first-order valence-electron chi connectivity index (χ1n) is 15.5. The Kier molecular flexibility index (Phi) is 11.2. The molecule has 0 aliphatic heterocycles. The molecule has 0 aromatic heterocycles. The molecule has 2 amide bonds. The predicted octanol–water partition coefficient (Wildman–Crippen LogP) is 6.61. The number of hydrogen-bond acceptors (Lipinski definition) is 7. The van der Waals surface area contributed by atoms with Crippen molar-refractivity contribution in [2.45, 2.75) is 18.2 Å². The van der Waals surface area contributed by atoms with Gasteiger partial charge < -0.3 is 24.8 Å². The Morgan fingerprint density at radius 1 is 0.735 bits per heavy atom. The van der Waals surface area contributed by atoms with Gasteiger partial charge in [-0.25, -0.2) is 8.42 Å². The molecule has 0 aliphatic rings. The van der Waals surface area contributed by atoms with E-state index in [-0.39, 0.29) is 21.8 Å². The van der Waals surface area contributed by atoms with Crippen LogP contribution in [0, 0.1) is 6.92 Å². The first kappa shape index (κ1) is 34.5. The van der Waals surface area contributed by atoms with E-state index in [9.17, 15) is 18.0 Å². The van der Waals surface area contributed by atoms with Gasteiger partial charge in [0.1, 0.15) is 18.0 Å². The zero-order valence-electron chi connectivity index (χ0n) is 27.4. The normalized spacial score (nSPS) is 10.9. The summed E-state index contributed by atoms with van der Waals surface area (Å²) < 4.78 is 45.4. The number of carbonyl (C=O) groups excluding carboxylic acids is 2. The smallest absolute Gasteiger partial charge is 0.264 e. The van der Waals surface area contributed by atoms with E-state index in [4.69, 9.17) is 14.2 Å². The summed E-state index contributed by atoms with van der Waals surface area (Å²) in [5.41, 5.74) is 2.57. The van der Waals surface area contributed by atoms with E-state index in [2.05, 4.69) is 10.6 Å². The van der Waals surface area contributed by atoms with Crippen molar-refractivity contribution < 1.29 is 32.2 Å². The molecule has 2 N–H and O–H groups in total. The number of nitrogens with zero attached hydrogens (tertiary/aromatic N) is 1. The number of methoxy groups -OCH3 is 2. The monoisotopic (exact) mass is 679 g/mol. The Hall–Kier alpha value is -5.81. The Labute approximate surface area is 286 Å². The van der Waals surface area contributed by atoms with Gasteiger partial charge in [-0.2, -0.15) is 0 Å². The third kappa shape index (κ3) is 8.76. The number of para-hydroxylation sites is 2. The maximum atomic E-state index is 13.9. The van der Waals surface area contributed by atoms with Gasteiger partial charge in [-0.15, -0.1) is 0 Å². The second-order valence-electron chi connectivity index (χ2n) is 11.0. The van der Waals surface area contributed by atoms with Crippen LogP contribution >= 0.6 is 0 Å². The van der Waals surface area contributed by atoms with Crippen molar-refractivity contribution in [3.8, 4) is 23.0 Å². The highest BCUT2D eigenvalue weighted by Gasteiger charge is 2.28. The lowest BCUT2D eigenvalue weighted by molar-refractivity contribution is -0.114. The number of amides is 2. The number of aryl methyl sites for hydroxylation is 1. The van der Waals surface area contributed by atoms with E-state index in [1.165, 1.54) is 12.1 Å². The third-order valence-corrected chi connectivity index (χ3v) is 9.38. The van der Waals surface area contributed by atoms with E-state index >= 15 is 0 Å². The second-order valence-corrected chi connectivity index (χ2v) is 12.9. The lowest BCUT2D eigenvalue weighted by Gasteiger charge is -2.24. The van der Waals surface area contributed by atoms with Crippen LogP contribution in [0.5, 0.6) is 23.0 Å². The summed E-state index contributed by atoms with van der Waals surface area (Å²) in [6, 6.07) is 34.1. The minimum absolute atomic E-state index is 0.0322. The number of benzene rings is 5. The summed E-state index contributed by atoms with van der Waals surface area (Å²) >= 11 is 0. The topological polar surface area (TPSA) is 123 Å². The molecule has 49 heavy (non-hydrogen) atoms. The third-order valence-electron chi connectivity index (χ3n) is 7.59. The molecule has 252 valence electrons. The summed E-state index contributed by atoms with van der Waals surface area (Å²) in [6.07, 6.45) is 0.529. The number of hydrogen-bond donors (Lipinski definition) is 2. The highest BCUT2D eigenvalue weighted by atomic mass is 32.2. The number of sulfonamides is 1. The molecule has 5 rings (SSSR count). The molecule has 0 radical (unpaired) electrons. The maximum absolute atomic E-state index is 13.9. The fourth-order valence-electron chi connectivity index (χ4n) is 5.02. The van der Waals surface area contributed by atoms with Crippen LogP contribution in [0.25, 0.3) is 0 Å². The average molecular weight is 680 g/mol. The number of carbonyl (C=O) groups is 2. The molecule has 11 heteroatoms. The highest BCUT2D eigenvalue weighted by Crippen LogP contribution is 2.29. The maximum Gasteiger partial charge on any atom is 0.264 e. The molecule has 0 atom stereocenters. The Balaban J connectivity index is 1.32. The molecule has 0 bridgehead atoms. The Bertz CT molecular complexity index is 2000. The zero-order valence-corrected chi connectivity index (χ0v) is 28.2. The molecule has 0 heterocycles. The molecule has 0 fully saturated rings. The van der Waals surface area contributed by atoms with Gasteiger partial charge in [0.05, 0.1) is 36.1 Å². The molecule has 10 nitrogen and oxygen atoms in total. The SMILES string of the molecule is COc1ccc(CCNC(=O)c2ccccc2NC(=O)CN(c2ccc(Oc3ccccc3)cc2)S(=O)(=O)c2ccc(C)cc2)cc1OC. The molecule has 5 aromatic rings. The van der Waals surface area contributed by atoms with Gasteiger partial charge in [-0.05, 0) is 91.7 Å². The first-order valence-corrected chi connectivity index (χ1v) is 16.9. The fourth-order valence-corrected chi connectivity index (χ4v) is 6.44. The molecular formula is C38H37N3O7S. The summed E-state index contributed by atoms with van der Waals surface area (Å²) in [5.74, 6) is 1.30. The molecular weight excluding hydrogens is 642 g/mol. The van der Waals surface area contributed by atoms with Crippen molar-refractivity contribution >= 4 is 33.2 Å².